The summed E-state index contributed by atoms with van der Waals surface area (Å²) in [5, 5.41) is 1.12. The minimum Gasteiger partial charge on any atom is -0.359 e. The van der Waals surface area contributed by atoms with Crippen LogP contribution in [0.15, 0.2) is 30.5 Å². The van der Waals surface area contributed by atoms with E-state index in [-0.39, 0.29) is 0 Å². The van der Waals surface area contributed by atoms with Crippen LogP contribution < -0.4 is 11.3 Å². The van der Waals surface area contributed by atoms with E-state index < -0.39 is 0 Å². The zero-order valence-corrected chi connectivity index (χ0v) is 5.96. The summed E-state index contributed by atoms with van der Waals surface area (Å²) in [6.45, 7) is 0. The van der Waals surface area contributed by atoms with E-state index in [0.717, 1.165) is 16.6 Å². The van der Waals surface area contributed by atoms with Crippen molar-refractivity contribution in [3.8, 4) is 0 Å². The van der Waals surface area contributed by atoms with E-state index in [9.17, 15) is 0 Å². The molecular formula is C8H9N3. The summed E-state index contributed by atoms with van der Waals surface area (Å²) in [6.07, 6.45) is 1.85. The molecule has 0 saturated heterocycles. The quantitative estimate of drug-likeness (QED) is 0.422. The van der Waals surface area contributed by atoms with Gasteiger partial charge < -0.3 is 10.4 Å². The largest absolute Gasteiger partial charge is 0.359 e. The van der Waals surface area contributed by atoms with Gasteiger partial charge in [0, 0.05) is 17.1 Å². The molecule has 1 aromatic heterocycles. The Morgan fingerprint density at radius 2 is 2.09 bits per heavy atom. The maximum absolute atomic E-state index is 5.29. The van der Waals surface area contributed by atoms with Gasteiger partial charge in [-0.05, 0) is 6.07 Å². The lowest BCUT2D eigenvalue weighted by Gasteiger charge is -1.93. The van der Waals surface area contributed by atoms with E-state index >= 15 is 0 Å². The second-order valence-electron chi connectivity index (χ2n) is 2.39. The summed E-state index contributed by atoms with van der Waals surface area (Å²) in [7, 11) is 0. The van der Waals surface area contributed by atoms with E-state index in [1.807, 2.05) is 30.5 Å². The molecule has 0 amide bonds. The van der Waals surface area contributed by atoms with Crippen molar-refractivity contribution in [3.05, 3.63) is 30.5 Å². The standard InChI is InChI=1S/C8H9N3/c9-11-8-5-10-7-4-2-1-3-6(7)8/h1-5,10-11H,9H2. The number of aromatic amines is 1. The molecule has 3 heteroatoms. The number of fused-ring (bicyclic) bond motifs is 1. The molecule has 0 saturated carbocycles. The number of anilines is 1. The maximum atomic E-state index is 5.29. The van der Waals surface area contributed by atoms with Gasteiger partial charge in [-0.1, -0.05) is 18.2 Å². The number of hydrogen-bond donors (Lipinski definition) is 3. The zero-order valence-electron chi connectivity index (χ0n) is 5.96. The molecule has 56 valence electrons. The van der Waals surface area contributed by atoms with Crippen LogP contribution in [0.2, 0.25) is 0 Å². The number of hydrogen-bond acceptors (Lipinski definition) is 2. The smallest absolute Gasteiger partial charge is 0.0739 e. The highest BCUT2D eigenvalue weighted by molar-refractivity contribution is 5.91. The molecule has 4 N–H and O–H groups in total. The fraction of sp³-hybridized carbons (Fsp3) is 0. The topological polar surface area (TPSA) is 53.8 Å². The molecule has 0 atom stereocenters. The molecule has 3 nitrogen and oxygen atoms in total. The average molecular weight is 147 g/mol. The number of nitrogens with two attached hydrogens (primary N) is 1. The van der Waals surface area contributed by atoms with Crippen LogP contribution in [0, 0.1) is 0 Å². The first kappa shape index (κ1) is 6.24. The molecule has 1 aromatic carbocycles. The first-order valence-corrected chi connectivity index (χ1v) is 3.44. The van der Waals surface area contributed by atoms with E-state index in [1.165, 1.54) is 0 Å². The number of nitrogen functional groups attached to an aromatic ring is 1. The molecule has 0 aliphatic carbocycles. The van der Waals surface area contributed by atoms with Crippen molar-refractivity contribution in [1.29, 1.82) is 0 Å². The molecule has 11 heavy (non-hydrogen) atoms. The van der Waals surface area contributed by atoms with Crippen molar-refractivity contribution < 1.29 is 0 Å². The molecule has 0 fully saturated rings. The second kappa shape index (κ2) is 2.29. The van der Waals surface area contributed by atoms with Crippen LogP contribution in [0.5, 0.6) is 0 Å². The molecule has 0 radical (unpaired) electrons. The molecular weight excluding hydrogens is 138 g/mol. The van der Waals surface area contributed by atoms with Crippen LogP contribution in [0.4, 0.5) is 5.69 Å². The summed E-state index contributed by atoms with van der Waals surface area (Å²) in [6, 6.07) is 7.99. The van der Waals surface area contributed by atoms with Gasteiger partial charge in [0.05, 0.1) is 5.69 Å². The van der Waals surface area contributed by atoms with Crippen LogP contribution in [-0.4, -0.2) is 4.98 Å². The molecule has 0 unspecified atom stereocenters. The lowest BCUT2D eigenvalue weighted by atomic mass is 10.2. The fourth-order valence-corrected chi connectivity index (χ4v) is 1.19. The molecule has 0 bridgehead atoms. The van der Waals surface area contributed by atoms with Gasteiger partial charge in [-0.2, -0.15) is 0 Å². The monoisotopic (exact) mass is 147 g/mol. The summed E-state index contributed by atoms with van der Waals surface area (Å²) in [5.41, 5.74) is 4.65. The summed E-state index contributed by atoms with van der Waals surface area (Å²) in [5.74, 6) is 5.29. The Morgan fingerprint density at radius 1 is 1.27 bits per heavy atom. The first-order chi connectivity index (χ1) is 5.42. The number of para-hydroxylation sites is 1. The van der Waals surface area contributed by atoms with Gasteiger partial charge in [0.25, 0.3) is 0 Å². The van der Waals surface area contributed by atoms with Gasteiger partial charge in [0.15, 0.2) is 0 Å². The van der Waals surface area contributed by atoms with Crippen LogP contribution in [0.3, 0.4) is 0 Å². The third-order valence-corrected chi connectivity index (χ3v) is 1.74. The van der Waals surface area contributed by atoms with Gasteiger partial charge in [-0.15, -0.1) is 0 Å². The minimum atomic E-state index is 0.931. The van der Waals surface area contributed by atoms with Crippen molar-refractivity contribution in [3.63, 3.8) is 0 Å². The lowest BCUT2D eigenvalue weighted by Crippen LogP contribution is -2.05. The van der Waals surface area contributed by atoms with Gasteiger partial charge in [-0.3, -0.25) is 5.84 Å². The van der Waals surface area contributed by atoms with Crippen molar-refractivity contribution >= 4 is 16.6 Å². The highest BCUT2D eigenvalue weighted by atomic mass is 15.2. The lowest BCUT2D eigenvalue weighted by molar-refractivity contribution is 1.35. The first-order valence-electron chi connectivity index (χ1n) is 3.44. The molecule has 0 spiro atoms. The van der Waals surface area contributed by atoms with E-state index in [1.54, 1.807) is 0 Å². The maximum Gasteiger partial charge on any atom is 0.0739 e. The van der Waals surface area contributed by atoms with Crippen LogP contribution in [0.25, 0.3) is 10.9 Å². The number of rotatable bonds is 1. The van der Waals surface area contributed by atoms with Crippen LogP contribution in [-0.2, 0) is 0 Å². The third-order valence-electron chi connectivity index (χ3n) is 1.74. The summed E-state index contributed by atoms with van der Waals surface area (Å²) >= 11 is 0. The number of benzene rings is 1. The molecule has 2 aromatic rings. The Kier molecular flexibility index (Phi) is 1.30. The predicted octanol–water partition coefficient (Wildman–Crippen LogP) is 1.45. The van der Waals surface area contributed by atoms with E-state index in [2.05, 4.69) is 10.4 Å². The van der Waals surface area contributed by atoms with Crippen LogP contribution in [0.1, 0.15) is 0 Å². The minimum absolute atomic E-state index is 0.931. The summed E-state index contributed by atoms with van der Waals surface area (Å²) in [4.78, 5) is 3.10. The molecule has 1 heterocycles. The number of hydrazine groups is 1. The zero-order chi connectivity index (χ0) is 7.68. The highest BCUT2D eigenvalue weighted by Crippen LogP contribution is 2.20. The van der Waals surface area contributed by atoms with Crippen molar-refractivity contribution in [1.82, 2.24) is 4.98 Å². The Balaban J connectivity index is 2.76. The molecule has 2 rings (SSSR count). The number of H-pyrrole nitrogens is 1. The molecule has 0 aliphatic rings. The highest BCUT2D eigenvalue weighted by Gasteiger charge is 1.98. The Morgan fingerprint density at radius 3 is 2.91 bits per heavy atom. The normalized spacial score (nSPS) is 10.3. The number of aromatic nitrogens is 1. The van der Waals surface area contributed by atoms with Crippen LogP contribution >= 0.6 is 0 Å². The Labute approximate surface area is 64.2 Å². The SMILES string of the molecule is NNc1c[nH]c2ccccc12. The van der Waals surface area contributed by atoms with Crippen molar-refractivity contribution in [2.24, 2.45) is 5.84 Å². The van der Waals surface area contributed by atoms with Gasteiger partial charge in [0.1, 0.15) is 0 Å². The van der Waals surface area contributed by atoms with E-state index in [4.69, 9.17) is 5.84 Å². The third kappa shape index (κ3) is 0.860. The van der Waals surface area contributed by atoms with Gasteiger partial charge in [0.2, 0.25) is 0 Å². The molecule has 0 aliphatic heterocycles. The van der Waals surface area contributed by atoms with Crippen molar-refractivity contribution in [2.75, 3.05) is 5.43 Å². The predicted molar refractivity (Wildman–Crippen MR) is 46.1 cm³/mol. The van der Waals surface area contributed by atoms with Crippen molar-refractivity contribution in [2.45, 2.75) is 0 Å². The van der Waals surface area contributed by atoms with E-state index in [0.29, 0.717) is 0 Å². The Hall–Kier alpha value is -1.48. The van der Waals surface area contributed by atoms with Gasteiger partial charge >= 0.3 is 0 Å². The second-order valence-corrected chi connectivity index (χ2v) is 2.39. The summed E-state index contributed by atoms with van der Waals surface area (Å²) < 4.78 is 0. The number of nitrogens with one attached hydrogen (secondary N) is 2. The Bertz CT molecular complexity index is 364. The van der Waals surface area contributed by atoms with Gasteiger partial charge in [-0.25, -0.2) is 0 Å². The fourth-order valence-electron chi connectivity index (χ4n) is 1.19. The average Bonchev–Trinajstić information content (AvgIpc) is 2.47.